The number of carbonyl (C=O) groups excluding carboxylic acids is 1. The molecule has 1 aliphatic carbocycles. The minimum absolute atomic E-state index is 0.142. The molecule has 0 heterocycles. The number of hydrogen-bond acceptors (Lipinski definition) is 3. The van der Waals surface area contributed by atoms with Crippen molar-refractivity contribution in [2.75, 3.05) is 15.9 Å². The maximum absolute atomic E-state index is 13.7. The van der Waals surface area contributed by atoms with Gasteiger partial charge in [-0.05, 0) is 50.1 Å². The van der Waals surface area contributed by atoms with Crippen LogP contribution in [0.2, 0.25) is 0 Å². The number of carbonyl (C=O) groups is 1. The Morgan fingerprint density at radius 3 is 2.36 bits per heavy atom. The van der Waals surface area contributed by atoms with Crippen LogP contribution in [-0.2, 0) is 10.0 Å². The van der Waals surface area contributed by atoms with Gasteiger partial charge in [0, 0.05) is 11.6 Å². The van der Waals surface area contributed by atoms with Crippen molar-refractivity contribution in [2.45, 2.75) is 25.8 Å². The third-order valence-electron chi connectivity index (χ3n) is 3.99. The molecular weight excluding hydrogens is 343 g/mol. The topological polar surface area (TPSA) is 66.5 Å². The van der Waals surface area contributed by atoms with Crippen LogP contribution in [0.5, 0.6) is 0 Å². The molecule has 0 spiro atoms. The Labute approximate surface area is 146 Å². The van der Waals surface area contributed by atoms with E-state index in [1.165, 1.54) is 16.4 Å². The molecule has 0 aliphatic heterocycles. The molecule has 5 nitrogen and oxygen atoms in total. The summed E-state index contributed by atoms with van der Waals surface area (Å²) in [7, 11) is -3.54. The monoisotopic (exact) mass is 362 g/mol. The number of rotatable bonds is 5. The third kappa shape index (κ3) is 3.99. The number of anilines is 2. The molecule has 0 atom stereocenters. The number of sulfonamides is 1. The smallest absolute Gasteiger partial charge is 0.255 e. The second-order valence-electron chi connectivity index (χ2n) is 6.27. The lowest BCUT2D eigenvalue weighted by molar-refractivity contribution is 0.102. The van der Waals surface area contributed by atoms with Gasteiger partial charge in [0.2, 0.25) is 10.0 Å². The Bertz CT molecular complexity index is 906. The summed E-state index contributed by atoms with van der Waals surface area (Å²) in [6, 6.07) is 10.5. The first-order valence-corrected chi connectivity index (χ1v) is 9.77. The highest BCUT2D eigenvalue weighted by Crippen LogP contribution is 2.38. The summed E-state index contributed by atoms with van der Waals surface area (Å²) < 4.78 is 39.3. The molecule has 1 fully saturated rings. The molecule has 2 aromatic rings. The maximum atomic E-state index is 13.7. The first-order chi connectivity index (χ1) is 11.8. The van der Waals surface area contributed by atoms with Crippen LogP contribution in [0.25, 0.3) is 0 Å². The van der Waals surface area contributed by atoms with Crippen molar-refractivity contribution in [3.05, 3.63) is 59.4 Å². The van der Waals surface area contributed by atoms with E-state index in [-0.39, 0.29) is 17.4 Å². The maximum Gasteiger partial charge on any atom is 0.255 e. The fourth-order valence-electron chi connectivity index (χ4n) is 2.66. The van der Waals surface area contributed by atoms with E-state index in [0.29, 0.717) is 5.56 Å². The van der Waals surface area contributed by atoms with Gasteiger partial charge in [0.15, 0.2) is 0 Å². The van der Waals surface area contributed by atoms with Crippen molar-refractivity contribution < 1.29 is 17.6 Å². The van der Waals surface area contributed by atoms with Crippen LogP contribution in [0, 0.1) is 12.7 Å². The lowest BCUT2D eigenvalue weighted by Gasteiger charge is -2.25. The van der Waals surface area contributed by atoms with E-state index < -0.39 is 21.7 Å². The second kappa shape index (κ2) is 6.48. The lowest BCUT2D eigenvalue weighted by atomic mass is 10.1. The summed E-state index contributed by atoms with van der Waals surface area (Å²) >= 11 is 0. The van der Waals surface area contributed by atoms with Crippen LogP contribution in [0.1, 0.15) is 28.8 Å². The number of nitrogens with zero attached hydrogens (tertiary/aromatic N) is 1. The van der Waals surface area contributed by atoms with E-state index in [2.05, 4.69) is 5.32 Å². The first-order valence-electron chi connectivity index (χ1n) is 7.92. The lowest BCUT2D eigenvalue weighted by Crippen LogP contribution is -2.33. The molecule has 0 bridgehead atoms. The number of halogens is 1. The molecule has 1 amide bonds. The molecular formula is C18H19FN2O3S. The van der Waals surface area contributed by atoms with Gasteiger partial charge in [0.25, 0.3) is 5.91 Å². The van der Waals surface area contributed by atoms with E-state index in [0.717, 1.165) is 30.7 Å². The molecule has 1 aliphatic rings. The third-order valence-corrected chi connectivity index (χ3v) is 5.20. The van der Waals surface area contributed by atoms with Crippen molar-refractivity contribution in [1.82, 2.24) is 0 Å². The number of amides is 1. The molecule has 132 valence electrons. The van der Waals surface area contributed by atoms with Crippen LogP contribution in [0.4, 0.5) is 15.8 Å². The Hall–Kier alpha value is -2.41. The quantitative estimate of drug-likeness (QED) is 0.887. The normalized spacial score (nSPS) is 14.2. The average molecular weight is 362 g/mol. The Kier molecular flexibility index (Phi) is 4.51. The molecule has 0 unspecified atom stereocenters. The van der Waals surface area contributed by atoms with E-state index in [4.69, 9.17) is 0 Å². The van der Waals surface area contributed by atoms with Gasteiger partial charge < -0.3 is 5.32 Å². The Morgan fingerprint density at radius 2 is 1.80 bits per heavy atom. The zero-order valence-electron chi connectivity index (χ0n) is 14.0. The molecule has 3 rings (SSSR count). The standard InChI is InChI=1S/C18H19FN2O3S/c1-12-3-5-13(6-4-12)18(22)20-16-11-14(19)7-10-17(16)21(15-8-9-15)25(2,23)24/h3-7,10-11,15H,8-9H2,1-2H3,(H,20,22). The highest BCUT2D eigenvalue weighted by atomic mass is 32.2. The molecule has 25 heavy (non-hydrogen) atoms. The van der Waals surface area contributed by atoms with E-state index in [1.807, 2.05) is 6.92 Å². The van der Waals surface area contributed by atoms with Gasteiger partial charge in [0.1, 0.15) is 5.82 Å². The minimum Gasteiger partial charge on any atom is -0.320 e. The largest absolute Gasteiger partial charge is 0.320 e. The SMILES string of the molecule is Cc1ccc(C(=O)Nc2cc(F)ccc2N(C2CC2)S(C)(=O)=O)cc1. The highest BCUT2D eigenvalue weighted by Gasteiger charge is 2.36. The van der Waals surface area contributed by atoms with Crippen LogP contribution >= 0.6 is 0 Å². The molecule has 1 N–H and O–H groups in total. The van der Waals surface area contributed by atoms with Gasteiger partial charge in [-0.2, -0.15) is 0 Å². The second-order valence-corrected chi connectivity index (χ2v) is 8.13. The molecule has 0 aromatic heterocycles. The van der Waals surface area contributed by atoms with Gasteiger partial charge in [-0.3, -0.25) is 9.10 Å². The van der Waals surface area contributed by atoms with Gasteiger partial charge >= 0.3 is 0 Å². The summed E-state index contributed by atoms with van der Waals surface area (Å²) in [6.07, 6.45) is 2.60. The number of nitrogens with one attached hydrogen (secondary N) is 1. The predicted molar refractivity (Wildman–Crippen MR) is 95.9 cm³/mol. The zero-order valence-corrected chi connectivity index (χ0v) is 14.8. The van der Waals surface area contributed by atoms with Gasteiger partial charge in [-0.25, -0.2) is 12.8 Å². The fourth-order valence-corrected chi connectivity index (χ4v) is 3.92. The van der Waals surface area contributed by atoms with Crippen LogP contribution < -0.4 is 9.62 Å². The summed E-state index contributed by atoms with van der Waals surface area (Å²) in [6.45, 7) is 1.91. The van der Waals surface area contributed by atoms with Gasteiger partial charge in [0.05, 0.1) is 17.6 Å². The van der Waals surface area contributed by atoms with Gasteiger partial charge in [-0.15, -0.1) is 0 Å². The van der Waals surface area contributed by atoms with E-state index in [9.17, 15) is 17.6 Å². The molecule has 0 saturated heterocycles. The zero-order chi connectivity index (χ0) is 18.2. The van der Waals surface area contributed by atoms with Crippen molar-refractivity contribution in [3.63, 3.8) is 0 Å². The summed E-state index contributed by atoms with van der Waals surface area (Å²) in [5.74, 6) is -0.969. The summed E-state index contributed by atoms with van der Waals surface area (Å²) in [5, 5.41) is 2.64. The fraction of sp³-hybridized carbons (Fsp3) is 0.278. The number of aryl methyl sites for hydroxylation is 1. The molecule has 1 saturated carbocycles. The number of hydrogen-bond donors (Lipinski definition) is 1. The van der Waals surface area contributed by atoms with E-state index in [1.54, 1.807) is 24.3 Å². The Morgan fingerprint density at radius 1 is 1.16 bits per heavy atom. The highest BCUT2D eigenvalue weighted by molar-refractivity contribution is 7.92. The predicted octanol–water partition coefficient (Wildman–Crippen LogP) is 3.31. The van der Waals surface area contributed by atoms with E-state index >= 15 is 0 Å². The molecule has 7 heteroatoms. The minimum atomic E-state index is -3.54. The van der Waals surface area contributed by atoms with Crippen molar-refractivity contribution >= 4 is 27.3 Å². The van der Waals surface area contributed by atoms with Crippen LogP contribution in [-0.4, -0.2) is 26.6 Å². The van der Waals surface area contributed by atoms with Gasteiger partial charge in [-0.1, -0.05) is 17.7 Å². The Balaban J connectivity index is 1.96. The first kappa shape index (κ1) is 17.4. The summed E-state index contributed by atoms with van der Waals surface area (Å²) in [5.41, 5.74) is 1.85. The van der Waals surface area contributed by atoms with Crippen molar-refractivity contribution in [1.29, 1.82) is 0 Å². The molecule has 2 aromatic carbocycles. The van der Waals surface area contributed by atoms with Crippen LogP contribution in [0.15, 0.2) is 42.5 Å². The molecule has 0 radical (unpaired) electrons. The average Bonchev–Trinajstić information content (AvgIpc) is 3.33. The van der Waals surface area contributed by atoms with Crippen molar-refractivity contribution in [3.8, 4) is 0 Å². The summed E-state index contributed by atoms with van der Waals surface area (Å²) in [4.78, 5) is 12.4. The number of benzene rings is 2. The van der Waals surface area contributed by atoms with Crippen molar-refractivity contribution in [2.24, 2.45) is 0 Å². The van der Waals surface area contributed by atoms with Crippen LogP contribution in [0.3, 0.4) is 0 Å².